The van der Waals surface area contributed by atoms with Crippen LogP contribution in [0.2, 0.25) is 0 Å². The average Bonchev–Trinajstić information content (AvgIpc) is 3.80. The van der Waals surface area contributed by atoms with Crippen molar-refractivity contribution in [2.24, 2.45) is 0 Å². The Morgan fingerprint density at radius 1 is 0.295 bits per heavy atom. The SMILES string of the molecule is c1ccc(N(c2ccc(-c3ccc4ccccc4c3)cc2)c2ccc(-n3c4ccccc4c4cc5c(cc43)-c3ccccc3-n3c4ccccc4c4cccc-5c43)cc2)cc1. The molecule has 3 heteroatoms. The third kappa shape index (κ3) is 5.11. The zero-order valence-corrected chi connectivity index (χ0v) is 33.2. The van der Waals surface area contributed by atoms with E-state index in [0.29, 0.717) is 0 Å². The fourth-order valence-electron chi connectivity index (χ4n) is 10.1. The number of anilines is 3. The van der Waals surface area contributed by atoms with E-state index in [0.717, 1.165) is 22.7 Å². The third-order valence-electron chi connectivity index (χ3n) is 12.8. The minimum atomic E-state index is 1.10. The van der Waals surface area contributed by atoms with Crippen LogP contribution < -0.4 is 4.90 Å². The Morgan fingerprint density at radius 2 is 0.869 bits per heavy atom. The molecule has 0 unspecified atom stereocenters. The molecule has 0 atom stereocenters. The first-order chi connectivity index (χ1) is 30.3. The number of hydrogen-bond acceptors (Lipinski definition) is 1. The van der Waals surface area contributed by atoms with Crippen LogP contribution in [0, 0.1) is 0 Å². The molecular formula is C58H37N3. The van der Waals surface area contributed by atoms with Gasteiger partial charge in [0.05, 0.1) is 27.8 Å². The van der Waals surface area contributed by atoms with Gasteiger partial charge in [-0.3, -0.25) is 0 Å². The Kier molecular flexibility index (Phi) is 7.31. The lowest BCUT2D eigenvalue weighted by Crippen LogP contribution is -2.10. The number of nitrogens with zero attached hydrogens (tertiary/aromatic N) is 3. The van der Waals surface area contributed by atoms with Gasteiger partial charge in [0.15, 0.2) is 0 Å². The van der Waals surface area contributed by atoms with Crippen LogP contribution in [0.15, 0.2) is 224 Å². The van der Waals surface area contributed by atoms with Gasteiger partial charge >= 0.3 is 0 Å². The van der Waals surface area contributed by atoms with Gasteiger partial charge in [0, 0.05) is 55.4 Å². The highest BCUT2D eigenvalue weighted by Crippen LogP contribution is 2.49. The Balaban J connectivity index is 0.962. The van der Waals surface area contributed by atoms with Crippen molar-refractivity contribution < 1.29 is 0 Å². The Bertz CT molecular complexity index is 3680. The molecule has 0 saturated heterocycles. The summed E-state index contributed by atoms with van der Waals surface area (Å²) in [4.78, 5) is 2.34. The van der Waals surface area contributed by atoms with Gasteiger partial charge in [0.1, 0.15) is 0 Å². The number of para-hydroxylation sites is 5. The summed E-state index contributed by atoms with van der Waals surface area (Å²) in [5.74, 6) is 0. The lowest BCUT2D eigenvalue weighted by molar-refractivity contribution is 1.17. The number of benzene rings is 10. The van der Waals surface area contributed by atoms with Gasteiger partial charge in [-0.2, -0.15) is 0 Å². The van der Waals surface area contributed by atoms with E-state index in [1.165, 1.54) is 93.5 Å². The molecule has 1 aliphatic heterocycles. The molecule has 0 N–H and O–H groups in total. The van der Waals surface area contributed by atoms with Gasteiger partial charge in [0.2, 0.25) is 0 Å². The molecule has 0 saturated carbocycles. The molecule has 0 bridgehead atoms. The molecule has 1 aliphatic rings. The molecule has 284 valence electrons. The van der Waals surface area contributed by atoms with Crippen molar-refractivity contribution in [3.05, 3.63) is 224 Å². The Labute approximate surface area is 353 Å². The van der Waals surface area contributed by atoms with Crippen LogP contribution in [0.4, 0.5) is 17.1 Å². The second-order valence-electron chi connectivity index (χ2n) is 16.1. The van der Waals surface area contributed by atoms with E-state index in [4.69, 9.17) is 0 Å². The molecule has 0 aliphatic carbocycles. The lowest BCUT2D eigenvalue weighted by Gasteiger charge is -2.26. The van der Waals surface area contributed by atoms with Crippen molar-refractivity contribution in [2.45, 2.75) is 0 Å². The first-order valence-electron chi connectivity index (χ1n) is 21.0. The van der Waals surface area contributed by atoms with Crippen LogP contribution in [0.25, 0.3) is 99.1 Å². The summed E-state index contributed by atoms with van der Waals surface area (Å²) in [6.45, 7) is 0. The summed E-state index contributed by atoms with van der Waals surface area (Å²) < 4.78 is 4.93. The number of fused-ring (bicyclic) bond motifs is 12. The normalized spacial score (nSPS) is 11.9. The fraction of sp³-hybridized carbons (Fsp3) is 0. The molecule has 0 spiro atoms. The summed E-state index contributed by atoms with van der Waals surface area (Å²) in [5.41, 5.74) is 17.9. The first-order valence-corrected chi connectivity index (χ1v) is 21.0. The van der Waals surface area contributed by atoms with Gasteiger partial charge in [-0.05, 0) is 118 Å². The summed E-state index contributed by atoms with van der Waals surface area (Å²) in [6.07, 6.45) is 0. The van der Waals surface area contributed by atoms with Crippen LogP contribution in [0.1, 0.15) is 0 Å². The fourth-order valence-corrected chi connectivity index (χ4v) is 10.1. The van der Waals surface area contributed by atoms with Crippen molar-refractivity contribution in [3.8, 4) is 44.8 Å². The second kappa shape index (κ2) is 13.2. The molecule has 10 aromatic carbocycles. The first kappa shape index (κ1) is 33.8. The monoisotopic (exact) mass is 775 g/mol. The highest BCUT2D eigenvalue weighted by Gasteiger charge is 2.26. The molecular weight excluding hydrogens is 739 g/mol. The summed E-state index contributed by atoms with van der Waals surface area (Å²) >= 11 is 0. The van der Waals surface area contributed by atoms with Crippen molar-refractivity contribution in [3.63, 3.8) is 0 Å². The zero-order valence-electron chi connectivity index (χ0n) is 33.2. The minimum Gasteiger partial charge on any atom is -0.311 e. The van der Waals surface area contributed by atoms with Crippen molar-refractivity contribution in [1.82, 2.24) is 9.13 Å². The highest BCUT2D eigenvalue weighted by atomic mass is 15.1. The molecule has 0 radical (unpaired) electrons. The molecule has 12 aromatic rings. The Morgan fingerprint density at radius 3 is 1.67 bits per heavy atom. The number of rotatable bonds is 5. The van der Waals surface area contributed by atoms with E-state index >= 15 is 0 Å². The maximum absolute atomic E-state index is 2.49. The zero-order chi connectivity index (χ0) is 40.0. The molecule has 0 amide bonds. The van der Waals surface area contributed by atoms with Crippen LogP contribution in [0.3, 0.4) is 0 Å². The van der Waals surface area contributed by atoms with E-state index in [9.17, 15) is 0 Å². The molecule has 0 fully saturated rings. The predicted molar refractivity (Wildman–Crippen MR) is 257 cm³/mol. The molecule has 3 nitrogen and oxygen atoms in total. The summed E-state index contributed by atoms with van der Waals surface area (Å²) in [5, 5.41) is 7.55. The van der Waals surface area contributed by atoms with Crippen LogP contribution in [-0.2, 0) is 0 Å². The van der Waals surface area contributed by atoms with Gasteiger partial charge in [-0.15, -0.1) is 0 Å². The summed E-state index contributed by atoms with van der Waals surface area (Å²) in [6, 6.07) is 82.2. The van der Waals surface area contributed by atoms with Crippen LogP contribution in [-0.4, -0.2) is 9.13 Å². The maximum Gasteiger partial charge on any atom is 0.0619 e. The number of hydrogen-bond donors (Lipinski definition) is 0. The largest absolute Gasteiger partial charge is 0.311 e. The smallest absolute Gasteiger partial charge is 0.0619 e. The van der Waals surface area contributed by atoms with Crippen molar-refractivity contribution in [1.29, 1.82) is 0 Å². The van der Waals surface area contributed by atoms with E-state index in [1.54, 1.807) is 0 Å². The minimum absolute atomic E-state index is 1.10. The van der Waals surface area contributed by atoms with E-state index in [2.05, 4.69) is 238 Å². The quantitative estimate of drug-likeness (QED) is 0.170. The second-order valence-corrected chi connectivity index (χ2v) is 16.1. The molecule has 13 rings (SSSR count). The van der Waals surface area contributed by atoms with Crippen molar-refractivity contribution in [2.75, 3.05) is 4.90 Å². The molecule has 3 heterocycles. The topological polar surface area (TPSA) is 13.1 Å². The molecule has 2 aromatic heterocycles. The third-order valence-corrected chi connectivity index (χ3v) is 12.8. The standard InChI is InChI=1S/C58H37N3/c1-2-15-42(16-3-1)59(43-29-27-39(28-30-43)41-26-25-38-13-4-5-14-40(38)35-41)44-31-33-45(34-32-44)60-54-22-9-8-19-48(54)53-36-51-50-21-12-20-49-46-17-6-10-23-55(46)61(58(49)50)56-24-11-7-18-47(56)52(51)37-57(53)60/h1-37H. The lowest BCUT2D eigenvalue weighted by atomic mass is 9.92. The predicted octanol–water partition coefficient (Wildman–Crippen LogP) is 15.8. The van der Waals surface area contributed by atoms with E-state index in [-0.39, 0.29) is 0 Å². The van der Waals surface area contributed by atoms with Gasteiger partial charge < -0.3 is 14.0 Å². The van der Waals surface area contributed by atoms with Crippen LogP contribution >= 0.6 is 0 Å². The highest BCUT2D eigenvalue weighted by molar-refractivity contribution is 6.19. The van der Waals surface area contributed by atoms with Gasteiger partial charge in [-0.1, -0.05) is 140 Å². The number of aromatic nitrogens is 2. The van der Waals surface area contributed by atoms with E-state index < -0.39 is 0 Å². The Hall–Kier alpha value is -8.14. The van der Waals surface area contributed by atoms with Gasteiger partial charge in [0.25, 0.3) is 0 Å². The summed E-state index contributed by atoms with van der Waals surface area (Å²) in [7, 11) is 0. The maximum atomic E-state index is 2.49. The average molecular weight is 776 g/mol. The molecule has 61 heavy (non-hydrogen) atoms. The van der Waals surface area contributed by atoms with Crippen molar-refractivity contribution >= 4 is 71.4 Å². The van der Waals surface area contributed by atoms with Crippen LogP contribution in [0.5, 0.6) is 0 Å². The van der Waals surface area contributed by atoms with Gasteiger partial charge in [-0.25, -0.2) is 0 Å². The van der Waals surface area contributed by atoms with E-state index in [1.807, 2.05) is 0 Å².